The molecule has 4 rings (SSSR count). The van der Waals surface area contributed by atoms with Crippen LogP contribution >= 0.6 is 0 Å². The van der Waals surface area contributed by atoms with Gasteiger partial charge in [0.1, 0.15) is 23.8 Å². The van der Waals surface area contributed by atoms with Crippen LogP contribution in [0, 0.1) is 6.92 Å². The second-order valence-corrected chi connectivity index (χ2v) is 7.91. The average Bonchev–Trinajstić information content (AvgIpc) is 3.27. The Bertz CT molecular complexity index is 1300. The highest BCUT2D eigenvalue weighted by molar-refractivity contribution is 5.99. The van der Waals surface area contributed by atoms with E-state index in [4.69, 9.17) is 9.47 Å². The standard InChI is InChI=1S/C26H26N4O4/c1-18-5-4-14-30-15-21(28-25(18)30)17-34-23-10-6-19(7-11-23)26(32)29(2)16-24(31)27-20-8-12-22(33-3)13-9-20/h4-15H,16-17H2,1-3H3,(H,27,31). The summed E-state index contributed by atoms with van der Waals surface area (Å²) in [6, 6.07) is 17.8. The number of rotatable bonds is 8. The van der Waals surface area contributed by atoms with Crippen LogP contribution in [0.2, 0.25) is 0 Å². The first kappa shape index (κ1) is 22.8. The third-order valence-corrected chi connectivity index (χ3v) is 5.32. The lowest BCUT2D eigenvalue weighted by atomic mass is 10.2. The van der Waals surface area contributed by atoms with Gasteiger partial charge in [0.25, 0.3) is 5.91 Å². The minimum absolute atomic E-state index is 0.0730. The van der Waals surface area contributed by atoms with E-state index >= 15 is 0 Å². The van der Waals surface area contributed by atoms with Gasteiger partial charge in [-0.05, 0) is 67.1 Å². The van der Waals surface area contributed by atoms with Crippen LogP contribution in [-0.2, 0) is 11.4 Å². The summed E-state index contributed by atoms with van der Waals surface area (Å²) in [5, 5.41) is 2.77. The van der Waals surface area contributed by atoms with Crippen molar-refractivity contribution in [1.82, 2.24) is 14.3 Å². The van der Waals surface area contributed by atoms with Crippen LogP contribution in [0.15, 0.2) is 73.1 Å². The summed E-state index contributed by atoms with van der Waals surface area (Å²) in [6.07, 6.45) is 3.89. The van der Waals surface area contributed by atoms with Gasteiger partial charge in [-0.2, -0.15) is 0 Å². The van der Waals surface area contributed by atoms with E-state index in [1.165, 1.54) is 4.90 Å². The number of nitrogens with zero attached hydrogens (tertiary/aromatic N) is 3. The molecule has 0 aliphatic rings. The van der Waals surface area contributed by atoms with Crippen LogP contribution in [0.1, 0.15) is 21.6 Å². The lowest BCUT2D eigenvalue weighted by Gasteiger charge is -2.17. The minimum Gasteiger partial charge on any atom is -0.497 e. The van der Waals surface area contributed by atoms with Crippen molar-refractivity contribution in [2.75, 3.05) is 26.0 Å². The predicted molar refractivity (Wildman–Crippen MR) is 129 cm³/mol. The van der Waals surface area contributed by atoms with E-state index in [0.717, 1.165) is 16.9 Å². The number of amides is 2. The van der Waals surface area contributed by atoms with Crippen molar-refractivity contribution in [2.24, 2.45) is 0 Å². The molecule has 0 fully saturated rings. The number of nitrogens with one attached hydrogen (secondary N) is 1. The van der Waals surface area contributed by atoms with Crippen LogP contribution in [0.5, 0.6) is 11.5 Å². The molecule has 2 amide bonds. The van der Waals surface area contributed by atoms with Gasteiger partial charge >= 0.3 is 0 Å². The van der Waals surface area contributed by atoms with Gasteiger partial charge in [0.15, 0.2) is 0 Å². The number of hydrogen-bond donors (Lipinski definition) is 1. The summed E-state index contributed by atoms with van der Waals surface area (Å²) in [5.41, 5.74) is 3.92. The number of pyridine rings is 1. The average molecular weight is 459 g/mol. The number of fused-ring (bicyclic) bond motifs is 1. The highest BCUT2D eigenvalue weighted by atomic mass is 16.5. The molecule has 0 radical (unpaired) electrons. The van der Waals surface area contributed by atoms with Crippen molar-refractivity contribution in [2.45, 2.75) is 13.5 Å². The Morgan fingerprint density at radius 2 is 1.74 bits per heavy atom. The number of imidazole rings is 1. The minimum atomic E-state index is -0.288. The number of carbonyl (C=O) groups excluding carboxylic acids is 2. The molecule has 0 saturated carbocycles. The predicted octanol–water partition coefficient (Wildman–Crippen LogP) is 3.94. The Balaban J connectivity index is 1.30. The molecule has 4 aromatic rings. The van der Waals surface area contributed by atoms with E-state index in [1.54, 1.807) is 62.7 Å². The summed E-state index contributed by atoms with van der Waals surface area (Å²) in [5.74, 6) is 0.785. The molecule has 0 saturated heterocycles. The fourth-order valence-corrected chi connectivity index (χ4v) is 3.51. The van der Waals surface area contributed by atoms with Crippen molar-refractivity contribution in [3.63, 3.8) is 0 Å². The number of methoxy groups -OCH3 is 1. The number of hydrogen-bond acceptors (Lipinski definition) is 5. The third kappa shape index (κ3) is 5.35. The van der Waals surface area contributed by atoms with E-state index in [9.17, 15) is 9.59 Å². The summed E-state index contributed by atoms with van der Waals surface area (Å²) in [7, 11) is 3.17. The van der Waals surface area contributed by atoms with Gasteiger partial charge < -0.3 is 24.1 Å². The van der Waals surface area contributed by atoms with Crippen LogP contribution < -0.4 is 14.8 Å². The number of anilines is 1. The second-order valence-electron chi connectivity index (χ2n) is 7.91. The number of likely N-dealkylation sites (N-methyl/N-ethyl adjacent to an activating group) is 1. The molecule has 1 N–H and O–H groups in total. The maximum absolute atomic E-state index is 12.7. The highest BCUT2D eigenvalue weighted by Gasteiger charge is 2.15. The highest BCUT2D eigenvalue weighted by Crippen LogP contribution is 2.17. The number of benzene rings is 2. The van der Waals surface area contributed by atoms with E-state index < -0.39 is 0 Å². The molecule has 8 nitrogen and oxygen atoms in total. The number of aryl methyl sites for hydroxylation is 1. The molecule has 0 aliphatic heterocycles. The number of ether oxygens (including phenoxy) is 2. The maximum atomic E-state index is 12.7. The first-order valence-corrected chi connectivity index (χ1v) is 10.8. The monoisotopic (exact) mass is 458 g/mol. The van der Waals surface area contributed by atoms with Gasteiger partial charge in [0.2, 0.25) is 5.91 Å². The van der Waals surface area contributed by atoms with Crippen LogP contribution in [0.4, 0.5) is 5.69 Å². The Hall–Kier alpha value is -4.33. The normalized spacial score (nSPS) is 10.7. The molecule has 0 spiro atoms. The van der Waals surface area contributed by atoms with Crippen LogP contribution in [0.25, 0.3) is 5.65 Å². The summed E-state index contributed by atoms with van der Waals surface area (Å²) in [6.45, 7) is 2.26. The third-order valence-electron chi connectivity index (χ3n) is 5.32. The van der Waals surface area contributed by atoms with Gasteiger partial charge in [-0.25, -0.2) is 4.98 Å². The summed E-state index contributed by atoms with van der Waals surface area (Å²) < 4.78 is 12.9. The zero-order valence-electron chi connectivity index (χ0n) is 19.3. The molecule has 174 valence electrons. The zero-order valence-corrected chi connectivity index (χ0v) is 19.3. The number of aromatic nitrogens is 2. The quantitative estimate of drug-likeness (QED) is 0.432. The van der Waals surface area contributed by atoms with Gasteiger partial charge in [0, 0.05) is 30.7 Å². The van der Waals surface area contributed by atoms with Crippen molar-refractivity contribution in [3.05, 3.63) is 89.9 Å². The molecular formula is C26H26N4O4. The Kier molecular flexibility index (Phi) is 6.77. The lowest BCUT2D eigenvalue weighted by Crippen LogP contribution is -2.34. The first-order chi connectivity index (χ1) is 16.4. The van der Waals surface area contributed by atoms with Crippen molar-refractivity contribution in [1.29, 1.82) is 0 Å². The van der Waals surface area contributed by atoms with Crippen molar-refractivity contribution >= 4 is 23.1 Å². The van der Waals surface area contributed by atoms with Crippen LogP contribution in [0.3, 0.4) is 0 Å². The van der Waals surface area contributed by atoms with Gasteiger partial charge in [0.05, 0.1) is 19.3 Å². The van der Waals surface area contributed by atoms with Crippen molar-refractivity contribution in [3.8, 4) is 11.5 Å². The lowest BCUT2D eigenvalue weighted by molar-refractivity contribution is -0.116. The topological polar surface area (TPSA) is 85.2 Å². The first-order valence-electron chi connectivity index (χ1n) is 10.8. The van der Waals surface area contributed by atoms with E-state index in [2.05, 4.69) is 10.3 Å². The maximum Gasteiger partial charge on any atom is 0.254 e. The van der Waals surface area contributed by atoms with Gasteiger partial charge in [-0.1, -0.05) is 6.07 Å². The smallest absolute Gasteiger partial charge is 0.254 e. The SMILES string of the molecule is COc1ccc(NC(=O)CN(C)C(=O)c2ccc(OCc3cn4cccc(C)c4n3)cc2)cc1. The zero-order chi connectivity index (χ0) is 24.1. The molecular weight excluding hydrogens is 432 g/mol. The molecule has 0 aliphatic carbocycles. The molecule has 0 bridgehead atoms. The fourth-order valence-electron chi connectivity index (χ4n) is 3.51. The molecule has 0 atom stereocenters. The van der Waals surface area contributed by atoms with Crippen molar-refractivity contribution < 1.29 is 19.1 Å². The molecule has 34 heavy (non-hydrogen) atoms. The Morgan fingerprint density at radius 1 is 1.03 bits per heavy atom. The molecule has 2 heterocycles. The van der Waals surface area contributed by atoms with Gasteiger partial charge in [-0.3, -0.25) is 9.59 Å². The molecule has 8 heteroatoms. The summed E-state index contributed by atoms with van der Waals surface area (Å²) >= 11 is 0. The van der Waals surface area contributed by atoms with E-state index in [-0.39, 0.29) is 18.4 Å². The Morgan fingerprint density at radius 3 is 2.41 bits per heavy atom. The van der Waals surface area contributed by atoms with Gasteiger partial charge in [-0.15, -0.1) is 0 Å². The molecule has 2 aromatic heterocycles. The fraction of sp³-hybridized carbons (Fsp3) is 0.192. The van der Waals surface area contributed by atoms with E-state index in [1.807, 2.05) is 35.9 Å². The van der Waals surface area contributed by atoms with E-state index in [0.29, 0.717) is 29.4 Å². The molecule has 0 unspecified atom stereocenters. The molecule has 2 aromatic carbocycles. The van der Waals surface area contributed by atoms with Crippen LogP contribution in [-0.4, -0.2) is 46.8 Å². The summed E-state index contributed by atoms with van der Waals surface area (Å²) in [4.78, 5) is 31.0. The Labute approximate surface area is 197 Å². The largest absolute Gasteiger partial charge is 0.497 e. The number of carbonyl (C=O) groups is 2. The second kappa shape index (κ2) is 10.1.